The van der Waals surface area contributed by atoms with E-state index >= 15 is 0 Å². The maximum absolute atomic E-state index is 11.9. The third-order valence-corrected chi connectivity index (χ3v) is 3.80. The highest BCUT2D eigenvalue weighted by atomic mass is 16.5. The molecule has 1 saturated heterocycles. The summed E-state index contributed by atoms with van der Waals surface area (Å²) < 4.78 is 7.05. The average Bonchev–Trinajstić information content (AvgIpc) is 2.90. The summed E-state index contributed by atoms with van der Waals surface area (Å²) in [7, 11) is 0. The summed E-state index contributed by atoms with van der Waals surface area (Å²) in [5.74, 6) is 0.638. The molecule has 3 heterocycles. The second-order valence-electron chi connectivity index (χ2n) is 5.39. The number of rotatable bonds is 4. The number of fused-ring (bicyclic) bond motifs is 1. The minimum Gasteiger partial charge on any atom is -0.466 e. The molecule has 0 radical (unpaired) electrons. The zero-order valence-corrected chi connectivity index (χ0v) is 12.2. The van der Waals surface area contributed by atoms with Crippen molar-refractivity contribution in [2.24, 2.45) is 5.92 Å². The van der Waals surface area contributed by atoms with E-state index in [1.54, 1.807) is 6.20 Å². The highest BCUT2D eigenvalue weighted by Crippen LogP contribution is 2.19. The molecule has 1 aliphatic rings. The number of hydrogen-bond acceptors (Lipinski definition) is 5. The molecule has 0 amide bonds. The Morgan fingerprint density at radius 3 is 3.24 bits per heavy atom. The Labute approximate surface area is 123 Å². The fraction of sp³-hybridized carbons (Fsp3) is 0.533. The van der Waals surface area contributed by atoms with Crippen LogP contribution in [0.1, 0.15) is 25.5 Å². The molecule has 0 N–H and O–H groups in total. The van der Waals surface area contributed by atoms with Crippen LogP contribution in [0.5, 0.6) is 0 Å². The lowest BCUT2D eigenvalue weighted by Gasteiger charge is -2.30. The Bertz CT molecular complexity index is 592. The molecular weight excluding hydrogens is 268 g/mol. The van der Waals surface area contributed by atoms with Crippen molar-refractivity contribution in [3.05, 3.63) is 30.4 Å². The van der Waals surface area contributed by atoms with Crippen LogP contribution < -0.4 is 0 Å². The van der Waals surface area contributed by atoms with Gasteiger partial charge in [-0.2, -0.15) is 0 Å². The molecule has 1 atom stereocenters. The molecule has 2 aromatic heterocycles. The largest absolute Gasteiger partial charge is 0.466 e. The topological polar surface area (TPSA) is 59.7 Å². The lowest BCUT2D eigenvalue weighted by atomic mass is 9.98. The Kier molecular flexibility index (Phi) is 4.15. The highest BCUT2D eigenvalue weighted by molar-refractivity contribution is 5.72. The van der Waals surface area contributed by atoms with E-state index in [9.17, 15) is 4.79 Å². The highest BCUT2D eigenvalue weighted by Gasteiger charge is 2.27. The van der Waals surface area contributed by atoms with Crippen molar-refractivity contribution in [2.45, 2.75) is 26.3 Å². The fourth-order valence-corrected chi connectivity index (χ4v) is 2.84. The van der Waals surface area contributed by atoms with Gasteiger partial charge in [-0.3, -0.25) is 14.1 Å². The van der Waals surface area contributed by atoms with Gasteiger partial charge in [-0.25, -0.2) is 9.97 Å². The van der Waals surface area contributed by atoms with Crippen molar-refractivity contribution in [3.63, 3.8) is 0 Å². The second-order valence-corrected chi connectivity index (χ2v) is 5.39. The van der Waals surface area contributed by atoms with E-state index in [2.05, 4.69) is 14.9 Å². The normalized spacial score (nSPS) is 19.8. The zero-order valence-electron chi connectivity index (χ0n) is 12.2. The van der Waals surface area contributed by atoms with Gasteiger partial charge in [0.25, 0.3) is 0 Å². The van der Waals surface area contributed by atoms with Gasteiger partial charge in [0, 0.05) is 31.7 Å². The predicted octanol–water partition coefficient (Wildman–Crippen LogP) is 1.50. The van der Waals surface area contributed by atoms with E-state index in [0.29, 0.717) is 12.4 Å². The van der Waals surface area contributed by atoms with Crippen LogP contribution >= 0.6 is 0 Å². The SMILES string of the molecule is CCOC(=O)C1CCCN(Cc2cn3cccnc3n2)C1. The van der Waals surface area contributed by atoms with Crippen molar-refractivity contribution < 1.29 is 9.53 Å². The van der Waals surface area contributed by atoms with Crippen LogP contribution in [-0.4, -0.2) is 44.9 Å². The number of piperidine rings is 1. The van der Waals surface area contributed by atoms with E-state index in [0.717, 1.165) is 38.2 Å². The van der Waals surface area contributed by atoms with Crippen molar-refractivity contribution in [2.75, 3.05) is 19.7 Å². The lowest BCUT2D eigenvalue weighted by Crippen LogP contribution is -2.39. The molecule has 112 valence electrons. The minimum atomic E-state index is -0.0705. The molecule has 0 aromatic carbocycles. The van der Waals surface area contributed by atoms with Gasteiger partial charge in [-0.15, -0.1) is 0 Å². The van der Waals surface area contributed by atoms with E-state index in [-0.39, 0.29) is 11.9 Å². The van der Waals surface area contributed by atoms with Crippen molar-refractivity contribution >= 4 is 11.7 Å². The number of carbonyl (C=O) groups excluding carboxylic acids is 1. The van der Waals surface area contributed by atoms with E-state index < -0.39 is 0 Å². The molecule has 1 fully saturated rings. The fourth-order valence-electron chi connectivity index (χ4n) is 2.84. The van der Waals surface area contributed by atoms with E-state index in [4.69, 9.17) is 4.74 Å². The van der Waals surface area contributed by atoms with Gasteiger partial charge in [0.05, 0.1) is 18.2 Å². The number of imidazole rings is 1. The standard InChI is InChI=1S/C15H20N4O2/c1-2-21-14(20)12-5-3-7-18(9-12)10-13-11-19-8-4-6-16-15(19)17-13/h4,6,8,11-12H,2-3,5,7,9-10H2,1H3. The van der Waals surface area contributed by atoms with Crippen LogP contribution in [0.2, 0.25) is 0 Å². The lowest BCUT2D eigenvalue weighted by molar-refractivity contribution is -0.150. The molecule has 0 saturated carbocycles. The molecule has 3 rings (SSSR count). The first kappa shape index (κ1) is 14.0. The maximum Gasteiger partial charge on any atom is 0.310 e. The molecular formula is C15H20N4O2. The van der Waals surface area contributed by atoms with Gasteiger partial charge >= 0.3 is 5.97 Å². The number of carbonyl (C=O) groups is 1. The monoisotopic (exact) mass is 288 g/mol. The minimum absolute atomic E-state index is 0.00569. The molecule has 1 aliphatic heterocycles. The Morgan fingerprint density at radius 1 is 1.52 bits per heavy atom. The molecule has 2 aromatic rings. The predicted molar refractivity (Wildman–Crippen MR) is 77.6 cm³/mol. The Hall–Kier alpha value is -1.95. The number of esters is 1. The molecule has 6 heteroatoms. The molecule has 1 unspecified atom stereocenters. The van der Waals surface area contributed by atoms with Crippen molar-refractivity contribution in [3.8, 4) is 0 Å². The molecule has 0 spiro atoms. The molecule has 0 bridgehead atoms. The van der Waals surface area contributed by atoms with E-state index in [1.807, 2.05) is 29.8 Å². The Morgan fingerprint density at radius 2 is 2.43 bits per heavy atom. The van der Waals surface area contributed by atoms with Gasteiger partial charge < -0.3 is 4.74 Å². The average molecular weight is 288 g/mol. The summed E-state index contributed by atoms with van der Waals surface area (Å²) in [5.41, 5.74) is 0.984. The van der Waals surface area contributed by atoms with Gasteiger partial charge in [0.2, 0.25) is 5.78 Å². The summed E-state index contributed by atoms with van der Waals surface area (Å²) in [4.78, 5) is 22.9. The van der Waals surface area contributed by atoms with Crippen LogP contribution in [0.4, 0.5) is 0 Å². The third-order valence-electron chi connectivity index (χ3n) is 3.80. The maximum atomic E-state index is 11.9. The number of hydrogen-bond donors (Lipinski definition) is 0. The summed E-state index contributed by atoms with van der Waals surface area (Å²) in [6.07, 6.45) is 7.62. The van der Waals surface area contributed by atoms with Gasteiger partial charge in [0.1, 0.15) is 0 Å². The van der Waals surface area contributed by atoms with E-state index in [1.165, 1.54) is 0 Å². The summed E-state index contributed by atoms with van der Waals surface area (Å²) in [6.45, 7) is 4.80. The number of likely N-dealkylation sites (tertiary alicyclic amines) is 1. The molecule has 6 nitrogen and oxygen atoms in total. The van der Waals surface area contributed by atoms with Gasteiger partial charge in [-0.1, -0.05) is 0 Å². The molecule has 0 aliphatic carbocycles. The van der Waals surface area contributed by atoms with Crippen molar-refractivity contribution in [1.29, 1.82) is 0 Å². The smallest absolute Gasteiger partial charge is 0.310 e. The first-order valence-corrected chi connectivity index (χ1v) is 7.44. The number of aromatic nitrogens is 3. The second kappa shape index (κ2) is 6.22. The zero-order chi connectivity index (χ0) is 14.7. The summed E-state index contributed by atoms with van der Waals surface area (Å²) >= 11 is 0. The Balaban J connectivity index is 1.65. The van der Waals surface area contributed by atoms with Gasteiger partial charge in [-0.05, 0) is 32.4 Å². The number of nitrogens with zero attached hydrogens (tertiary/aromatic N) is 4. The summed E-state index contributed by atoms with van der Waals surface area (Å²) in [6, 6.07) is 1.89. The first-order chi connectivity index (χ1) is 10.3. The van der Waals surface area contributed by atoms with Crippen molar-refractivity contribution in [1.82, 2.24) is 19.3 Å². The van der Waals surface area contributed by atoms with Crippen LogP contribution in [0.3, 0.4) is 0 Å². The van der Waals surface area contributed by atoms with Crippen LogP contribution in [-0.2, 0) is 16.1 Å². The van der Waals surface area contributed by atoms with Crippen LogP contribution in [0.15, 0.2) is 24.7 Å². The number of ether oxygens (including phenoxy) is 1. The van der Waals surface area contributed by atoms with Crippen LogP contribution in [0, 0.1) is 5.92 Å². The quantitative estimate of drug-likeness (QED) is 0.798. The molecule has 21 heavy (non-hydrogen) atoms. The summed E-state index contributed by atoms with van der Waals surface area (Å²) in [5, 5.41) is 0. The third kappa shape index (κ3) is 3.21. The first-order valence-electron chi connectivity index (χ1n) is 7.44. The van der Waals surface area contributed by atoms with Crippen LogP contribution in [0.25, 0.3) is 5.78 Å². The van der Waals surface area contributed by atoms with Gasteiger partial charge in [0.15, 0.2) is 0 Å².